The van der Waals surface area contributed by atoms with Gasteiger partial charge in [-0.3, -0.25) is 14.5 Å². The summed E-state index contributed by atoms with van der Waals surface area (Å²) in [7, 11) is 0. The van der Waals surface area contributed by atoms with Gasteiger partial charge in [-0.25, -0.2) is 0 Å². The topological polar surface area (TPSA) is 69.6 Å². The number of rotatable bonds is 10. The van der Waals surface area contributed by atoms with E-state index < -0.39 is 5.97 Å². The SMILES string of the molecule is CCCCCC(C)NC(=O)CN(CC(=O)O)C(C)C. The molecule has 0 aromatic carbocycles. The maximum atomic E-state index is 11.8. The summed E-state index contributed by atoms with van der Waals surface area (Å²) in [4.78, 5) is 24.2. The van der Waals surface area contributed by atoms with Gasteiger partial charge in [-0.05, 0) is 27.2 Å². The minimum Gasteiger partial charge on any atom is -0.480 e. The van der Waals surface area contributed by atoms with Crippen molar-refractivity contribution in [2.45, 2.75) is 65.5 Å². The largest absolute Gasteiger partial charge is 0.480 e. The van der Waals surface area contributed by atoms with Crippen LogP contribution in [0.1, 0.15) is 53.4 Å². The summed E-state index contributed by atoms with van der Waals surface area (Å²) in [6.45, 7) is 7.96. The number of carboxylic acid groups (broad SMARTS) is 1. The molecule has 0 aliphatic heterocycles. The Kier molecular flexibility index (Phi) is 9.21. The van der Waals surface area contributed by atoms with E-state index in [0.29, 0.717) is 0 Å². The Hall–Kier alpha value is -1.10. The Morgan fingerprint density at radius 1 is 1.16 bits per heavy atom. The number of nitrogens with zero attached hydrogens (tertiary/aromatic N) is 1. The first-order valence-electron chi connectivity index (χ1n) is 7.12. The van der Waals surface area contributed by atoms with Crippen LogP contribution in [0.4, 0.5) is 0 Å². The maximum absolute atomic E-state index is 11.8. The predicted molar refractivity (Wildman–Crippen MR) is 76.1 cm³/mol. The zero-order valence-electron chi connectivity index (χ0n) is 12.6. The highest BCUT2D eigenvalue weighted by Gasteiger charge is 2.17. The smallest absolute Gasteiger partial charge is 0.317 e. The number of hydrogen-bond donors (Lipinski definition) is 2. The summed E-state index contributed by atoms with van der Waals surface area (Å²) in [6, 6.07) is 0.190. The van der Waals surface area contributed by atoms with Gasteiger partial charge in [0.15, 0.2) is 0 Å². The molecule has 0 saturated heterocycles. The van der Waals surface area contributed by atoms with E-state index in [4.69, 9.17) is 5.11 Å². The van der Waals surface area contributed by atoms with Crippen LogP contribution in [0.3, 0.4) is 0 Å². The summed E-state index contributed by atoms with van der Waals surface area (Å²) in [5.74, 6) is -1.00. The van der Waals surface area contributed by atoms with Crippen molar-refractivity contribution in [2.24, 2.45) is 0 Å². The molecule has 0 fully saturated rings. The molecule has 0 radical (unpaired) electrons. The minimum atomic E-state index is -0.905. The van der Waals surface area contributed by atoms with Crippen molar-refractivity contribution in [3.63, 3.8) is 0 Å². The Bertz CT molecular complexity index is 280. The van der Waals surface area contributed by atoms with Crippen LogP contribution in [0.15, 0.2) is 0 Å². The molecule has 0 saturated carbocycles. The molecule has 1 atom stereocenters. The van der Waals surface area contributed by atoms with Gasteiger partial charge in [0.1, 0.15) is 0 Å². The molecule has 0 aromatic rings. The third kappa shape index (κ3) is 9.47. The molecule has 1 unspecified atom stereocenters. The van der Waals surface area contributed by atoms with Crippen molar-refractivity contribution < 1.29 is 14.7 Å². The molecule has 19 heavy (non-hydrogen) atoms. The maximum Gasteiger partial charge on any atom is 0.317 e. The normalized spacial score (nSPS) is 12.7. The summed E-state index contributed by atoms with van der Waals surface area (Å²) < 4.78 is 0. The second-order valence-electron chi connectivity index (χ2n) is 5.36. The summed E-state index contributed by atoms with van der Waals surface area (Å²) >= 11 is 0. The van der Waals surface area contributed by atoms with Crippen LogP contribution in [0.25, 0.3) is 0 Å². The number of unbranched alkanes of at least 4 members (excludes halogenated alkanes) is 2. The molecule has 0 aliphatic carbocycles. The number of amides is 1. The van der Waals surface area contributed by atoms with Gasteiger partial charge in [-0.15, -0.1) is 0 Å². The first-order chi connectivity index (χ1) is 8.86. The number of hydrogen-bond acceptors (Lipinski definition) is 3. The quantitative estimate of drug-likeness (QED) is 0.596. The molecule has 0 bridgehead atoms. The molecule has 0 spiro atoms. The van der Waals surface area contributed by atoms with E-state index in [1.165, 1.54) is 12.8 Å². The Balaban J connectivity index is 4.07. The number of carboxylic acids is 1. The molecular formula is C14H28N2O3. The van der Waals surface area contributed by atoms with Crippen LogP contribution >= 0.6 is 0 Å². The summed E-state index contributed by atoms with van der Waals surface area (Å²) in [5, 5.41) is 11.7. The van der Waals surface area contributed by atoms with E-state index in [9.17, 15) is 9.59 Å². The van der Waals surface area contributed by atoms with Gasteiger partial charge in [-0.1, -0.05) is 26.2 Å². The molecule has 2 N–H and O–H groups in total. The monoisotopic (exact) mass is 272 g/mol. The zero-order chi connectivity index (χ0) is 14.8. The third-order valence-corrected chi connectivity index (χ3v) is 3.06. The molecule has 5 heteroatoms. The van der Waals surface area contributed by atoms with Crippen molar-refractivity contribution in [2.75, 3.05) is 13.1 Å². The lowest BCUT2D eigenvalue weighted by molar-refractivity contribution is -0.139. The summed E-state index contributed by atoms with van der Waals surface area (Å²) in [5.41, 5.74) is 0. The van der Waals surface area contributed by atoms with E-state index in [1.54, 1.807) is 4.90 Å². The van der Waals surface area contributed by atoms with E-state index in [0.717, 1.165) is 12.8 Å². The number of carbonyl (C=O) groups is 2. The average Bonchev–Trinajstić information content (AvgIpc) is 2.27. The molecule has 0 rings (SSSR count). The van der Waals surface area contributed by atoms with Gasteiger partial charge < -0.3 is 10.4 Å². The Morgan fingerprint density at radius 3 is 2.26 bits per heavy atom. The fourth-order valence-corrected chi connectivity index (χ4v) is 1.87. The van der Waals surface area contributed by atoms with Crippen molar-refractivity contribution in [1.82, 2.24) is 10.2 Å². The first-order valence-corrected chi connectivity index (χ1v) is 7.12. The lowest BCUT2D eigenvalue weighted by atomic mass is 10.1. The highest BCUT2D eigenvalue weighted by molar-refractivity contribution is 5.79. The van der Waals surface area contributed by atoms with Gasteiger partial charge >= 0.3 is 5.97 Å². The molecule has 112 valence electrons. The van der Waals surface area contributed by atoms with Gasteiger partial charge in [0.05, 0.1) is 13.1 Å². The van der Waals surface area contributed by atoms with Crippen LogP contribution in [0.5, 0.6) is 0 Å². The number of nitrogens with one attached hydrogen (secondary N) is 1. The van der Waals surface area contributed by atoms with Crippen molar-refractivity contribution >= 4 is 11.9 Å². The predicted octanol–water partition coefficient (Wildman–Crippen LogP) is 1.87. The van der Waals surface area contributed by atoms with Gasteiger partial charge in [0.2, 0.25) is 5.91 Å². The molecule has 5 nitrogen and oxygen atoms in total. The minimum absolute atomic E-state index is 0.0391. The fraction of sp³-hybridized carbons (Fsp3) is 0.857. The Morgan fingerprint density at radius 2 is 1.79 bits per heavy atom. The van der Waals surface area contributed by atoms with Gasteiger partial charge in [-0.2, -0.15) is 0 Å². The van der Waals surface area contributed by atoms with E-state index in [1.807, 2.05) is 20.8 Å². The molecule has 0 heterocycles. The Labute approximate surface area is 116 Å². The van der Waals surface area contributed by atoms with Crippen LogP contribution in [0, 0.1) is 0 Å². The second-order valence-corrected chi connectivity index (χ2v) is 5.36. The van der Waals surface area contributed by atoms with Crippen molar-refractivity contribution in [1.29, 1.82) is 0 Å². The highest BCUT2D eigenvalue weighted by Crippen LogP contribution is 2.03. The van der Waals surface area contributed by atoms with Crippen LogP contribution < -0.4 is 5.32 Å². The van der Waals surface area contributed by atoms with Crippen LogP contribution in [-0.2, 0) is 9.59 Å². The first kappa shape index (κ1) is 17.9. The highest BCUT2D eigenvalue weighted by atomic mass is 16.4. The zero-order valence-corrected chi connectivity index (χ0v) is 12.6. The summed E-state index contributed by atoms with van der Waals surface area (Å²) in [6.07, 6.45) is 4.43. The standard InChI is InChI=1S/C14H28N2O3/c1-5-6-7-8-12(4)15-13(17)9-16(11(2)3)10-14(18)19/h11-12H,5-10H2,1-4H3,(H,15,17)(H,18,19). The number of aliphatic carboxylic acids is 1. The van der Waals surface area contributed by atoms with E-state index in [2.05, 4.69) is 12.2 Å². The van der Waals surface area contributed by atoms with Crippen molar-refractivity contribution in [3.05, 3.63) is 0 Å². The van der Waals surface area contributed by atoms with Gasteiger partial charge in [0.25, 0.3) is 0 Å². The lowest BCUT2D eigenvalue weighted by Crippen LogP contribution is -2.45. The lowest BCUT2D eigenvalue weighted by Gasteiger charge is -2.24. The fourth-order valence-electron chi connectivity index (χ4n) is 1.87. The third-order valence-electron chi connectivity index (χ3n) is 3.06. The molecule has 1 amide bonds. The molecule has 0 aromatic heterocycles. The van der Waals surface area contributed by atoms with Gasteiger partial charge in [0, 0.05) is 12.1 Å². The average molecular weight is 272 g/mol. The molecular weight excluding hydrogens is 244 g/mol. The van der Waals surface area contributed by atoms with Crippen LogP contribution in [-0.4, -0.2) is 47.1 Å². The van der Waals surface area contributed by atoms with E-state index in [-0.39, 0.29) is 31.1 Å². The van der Waals surface area contributed by atoms with Crippen LogP contribution in [0.2, 0.25) is 0 Å². The second kappa shape index (κ2) is 9.78. The van der Waals surface area contributed by atoms with E-state index >= 15 is 0 Å². The molecule has 0 aliphatic rings. The van der Waals surface area contributed by atoms with Crippen molar-refractivity contribution in [3.8, 4) is 0 Å². The number of carbonyl (C=O) groups excluding carboxylic acids is 1.